The maximum atomic E-state index is 11.9. The van der Waals surface area contributed by atoms with Crippen LogP contribution in [0.15, 0.2) is 0 Å². The molecule has 1 aromatic heterocycles. The molecule has 0 radical (unpaired) electrons. The highest BCUT2D eigenvalue weighted by Crippen LogP contribution is 2.31. The Labute approximate surface area is 115 Å². The molecule has 110 valence electrons. The first-order valence-electron chi connectivity index (χ1n) is 6.60. The topological polar surface area (TPSA) is 133 Å². The highest BCUT2D eigenvalue weighted by atomic mass is 16.4. The number of nitrogens with one attached hydrogen (secondary N) is 3. The van der Waals surface area contributed by atoms with Crippen LogP contribution >= 0.6 is 0 Å². The van der Waals surface area contributed by atoms with Crippen molar-refractivity contribution in [1.29, 1.82) is 0 Å². The van der Waals surface area contributed by atoms with Gasteiger partial charge in [-0.15, -0.1) is 10.2 Å². The summed E-state index contributed by atoms with van der Waals surface area (Å²) < 4.78 is 0. The van der Waals surface area contributed by atoms with Crippen molar-refractivity contribution in [1.82, 2.24) is 31.3 Å². The maximum absolute atomic E-state index is 11.9. The lowest BCUT2D eigenvalue weighted by Crippen LogP contribution is -2.54. The first-order chi connectivity index (χ1) is 9.60. The zero-order valence-corrected chi connectivity index (χ0v) is 11.1. The monoisotopic (exact) mass is 282 g/mol. The zero-order chi connectivity index (χ0) is 14.4. The van der Waals surface area contributed by atoms with Gasteiger partial charge in [0.05, 0.1) is 18.5 Å². The van der Waals surface area contributed by atoms with E-state index in [4.69, 9.17) is 5.11 Å². The van der Waals surface area contributed by atoms with Gasteiger partial charge in [-0.3, -0.25) is 4.79 Å². The van der Waals surface area contributed by atoms with Gasteiger partial charge >= 0.3 is 12.0 Å². The van der Waals surface area contributed by atoms with Crippen LogP contribution in [0.5, 0.6) is 0 Å². The molecule has 1 aromatic rings. The number of rotatable bonds is 5. The second-order valence-corrected chi connectivity index (χ2v) is 5.05. The van der Waals surface area contributed by atoms with Gasteiger partial charge in [-0.05, 0) is 12.8 Å². The lowest BCUT2D eigenvalue weighted by molar-refractivity contribution is -0.139. The number of aliphatic carboxylic acids is 1. The van der Waals surface area contributed by atoms with Gasteiger partial charge in [0.1, 0.15) is 0 Å². The molecule has 1 aliphatic carbocycles. The van der Waals surface area contributed by atoms with E-state index in [9.17, 15) is 9.59 Å². The van der Waals surface area contributed by atoms with Crippen LogP contribution < -0.4 is 10.6 Å². The molecule has 1 aliphatic rings. The average Bonchev–Trinajstić information content (AvgIpc) is 2.89. The van der Waals surface area contributed by atoms with Crippen molar-refractivity contribution in [2.45, 2.75) is 50.6 Å². The summed E-state index contributed by atoms with van der Waals surface area (Å²) in [7, 11) is 0. The number of tetrazole rings is 1. The summed E-state index contributed by atoms with van der Waals surface area (Å²) in [5.41, 5.74) is -0.647. The number of nitrogens with zero attached hydrogens (tertiary/aromatic N) is 3. The molecule has 1 fully saturated rings. The van der Waals surface area contributed by atoms with Gasteiger partial charge in [-0.2, -0.15) is 5.21 Å². The van der Waals surface area contributed by atoms with Gasteiger partial charge in [0, 0.05) is 0 Å². The summed E-state index contributed by atoms with van der Waals surface area (Å²) >= 11 is 0. The molecule has 2 rings (SSSR count). The van der Waals surface area contributed by atoms with Crippen LogP contribution in [0.4, 0.5) is 4.79 Å². The number of urea groups is 1. The van der Waals surface area contributed by atoms with Crippen molar-refractivity contribution < 1.29 is 14.7 Å². The molecule has 0 aliphatic heterocycles. The fourth-order valence-corrected chi connectivity index (χ4v) is 2.57. The Morgan fingerprint density at radius 2 is 2.05 bits per heavy atom. The summed E-state index contributed by atoms with van der Waals surface area (Å²) in [5.74, 6) is -0.526. The third-order valence-electron chi connectivity index (χ3n) is 3.48. The summed E-state index contributed by atoms with van der Waals surface area (Å²) in [6.07, 6.45) is 4.26. The van der Waals surface area contributed by atoms with Gasteiger partial charge in [0.15, 0.2) is 5.82 Å². The smallest absolute Gasteiger partial charge is 0.315 e. The van der Waals surface area contributed by atoms with Gasteiger partial charge in [0.2, 0.25) is 0 Å². The number of carbonyl (C=O) groups is 2. The number of aromatic amines is 1. The van der Waals surface area contributed by atoms with Crippen LogP contribution in [0.3, 0.4) is 0 Å². The summed E-state index contributed by atoms with van der Waals surface area (Å²) in [6.45, 7) is 0.144. The Balaban J connectivity index is 1.89. The predicted octanol–water partition coefficient (Wildman–Crippen LogP) is 0.176. The largest absolute Gasteiger partial charge is 0.481 e. The number of carboxylic acids is 1. The van der Waals surface area contributed by atoms with Crippen molar-refractivity contribution in [2.75, 3.05) is 0 Å². The molecule has 0 saturated heterocycles. The lowest BCUT2D eigenvalue weighted by atomic mass is 9.79. The first kappa shape index (κ1) is 14.2. The van der Waals surface area contributed by atoms with Gasteiger partial charge in [-0.1, -0.05) is 24.5 Å². The van der Waals surface area contributed by atoms with Crippen LogP contribution in [-0.4, -0.2) is 43.3 Å². The van der Waals surface area contributed by atoms with Crippen LogP contribution in [0.1, 0.15) is 44.3 Å². The Bertz CT molecular complexity index is 455. The summed E-state index contributed by atoms with van der Waals surface area (Å²) in [4.78, 5) is 22.9. The highest BCUT2D eigenvalue weighted by molar-refractivity contribution is 5.76. The maximum Gasteiger partial charge on any atom is 0.315 e. The molecule has 0 unspecified atom stereocenters. The van der Waals surface area contributed by atoms with Gasteiger partial charge in [-0.25, -0.2) is 4.79 Å². The Kier molecular flexibility index (Phi) is 4.49. The summed E-state index contributed by atoms with van der Waals surface area (Å²) in [6, 6.07) is -0.405. The highest BCUT2D eigenvalue weighted by Gasteiger charge is 2.35. The third kappa shape index (κ3) is 3.90. The molecule has 0 aromatic carbocycles. The average molecular weight is 282 g/mol. The number of carbonyl (C=O) groups excluding carboxylic acids is 1. The standard InChI is InChI=1S/C11H18N6O3/c18-9(19)6-11(4-2-1-3-5-11)13-10(20)12-7-8-14-16-17-15-8/h1-7H2,(H,18,19)(H2,12,13,20)(H,14,15,16,17). The lowest BCUT2D eigenvalue weighted by Gasteiger charge is -2.36. The number of aromatic nitrogens is 4. The van der Waals surface area contributed by atoms with E-state index in [-0.39, 0.29) is 13.0 Å². The number of hydrogen-bond donors (Lipinski definition) is 4. The van der Waals surface area contributed by atoms with Crippen LogP contribution in [0.25, 0.3) is 0 Å². The molecule has 1 heterocycles. The number of hydrogen-bond acceptors (Lipinski definition) is 5. The van der Waals surface area contributed by atoms with Crippen LogP contribution in [0, 0.1) is 0 Å². The molecule has 0 spiro atoms. The zero-order valence-electron chi connectivity index (χ0n) is 11.1. The Hall–Kier alpha value is -2.19. The molecular weight excluding hydrogens is 264 g/mol. The molecule has 20 heavy (non-hydrogen) atoms. The van der Waals surface area contributed by atoms with E-state index >= 15 is 0 Å². The van der Waals surface area contributed by atoms with E-state index in [1.807, 2.05) is 0 Å². The fraction of sp³-hybridized carbons (Fsp3) is 0.727. The second kappa shape index (κ2) is 6.31. The Morgan fingerprint density at radius 1 is 1.30 bits per heavy atom. The quantitative estimate of drug-likeness (QED) is 0.608. The number of amides is 2. The minimum absolute atomic E-state index is 0.0529. The van der Waals surface area contributed by atoms with Crippen molar-refractivity contribution in [3.05, 3.63) is 5.82 Å². The SMILES string of the molecule is O=C(O)CC1(NC(=O)NCc2nn[nH]n2)CCCCC1. The molecule has 9 nitrogen and oxygen atoms in total. The minimum Gasteiger partial charge on any atom is -0.481 e. The summed E-state index contributed by atoms with van der Waals surface area (Å²) in [5, 5.41) is 27.5. The van der Waals surface area contributed by atoms with Crippen LogP contribution in [-0.2, 0) is 11.3 Å². The first-order valence-corrected chi connectivity index (χ1v) is 6.60. The van der Waals surface area contributed by atoms with Crippen molar-refractivity contribution in [3.63, 3.8) is 0 Å². The predicted molar refractivity (Wildman–Crippen MR) is 67.6 cm³/mol. The van der Waals surface area contributed by atoms with E-state index < -0.39 is 17.5 Å². The van der Waals surface area contributed by atoms with Crippen molar-refractivity contribution >= 4 is 12.0 Å². The molecule has 4 N–H and O–H groups in total. The molecule has 2 amide bonds. The van der Waals surface area contributed by atoms with E-state index in [0.717, 1.165) is 19.3 Å². The van der Waals surface area contributed by atoms with Crippen LogP contribution in [0.2, 0.25) is 0 Å². The Morgan fingerprint density at radius 3 is 2.65 bits per heavy atom. The molecular formula is C11H18N6O3. The normalized spacial score (nSPS) is 17.4. The van der Waals surface area contributed by atoms with Gasteiger partial charge < -0.3 is 15.7 Å². The van der Waals surface area contributed by atoms with E-state index in [2.05, 4.69) is 31.3 Å². The number of H-pyrrole nitrogens is 1. The van der Waals surface area contributed by atoms with Crippen molar-refractivity contribution in [2.24, 2.45) is 0 Å². The molecule has 1 saturated carbocycles. The van der Waals surface area contributed by atoms with E-state index in [1.54, 1.807) is 0 Å². The van der Waals surface area contributed by atoms with Crippen molar-refractivity contribution in [3.8, 4) is 0 Å². The number of carboxylic acid groups (broad SMARTS) is 1. The molecule has 0 bridgehead atoms. The van der Waals surface area contributed by atoms with E-state index in [1.165, 1.54) is 0 Å². The molecule has 0 atom stereocenters. The van der Waals surface area contributed by atoms with E-state index in [0.29, 0.717) is 18.7 Å². The third-order valence-corrected chi connectivity index (χ3v) is 3.48. The minimum atomic E-state index is -0.898. The van der Waals surface area contributed by atoms with Gasteiger partial charge in [0.25, 0.3) is 0 Å². The fourth-order valence-electron chi connectivity index (χ4n) is 2.57. The second-order valence-electron chi connectivity index (χ2n) is 5.05. The molecule has 9 heteroatoms.